The van der Waals surface area contributed by atoms with Crippen LogP contribution >= 0.6 is 0 Å². The summed E-state index contributed by atoms with van der Waals surface area (Å²) in [5, 5.41) is 13.9. The van der Waals surface area contributed by atoms with Crippen molar-refractivity contribution in [2.75, 3.05) is 16.3 Å². The van der Waals surface area contributed by atoms with E-state index in [0.29, 0.717) is 35.7 Å². The standard InChI is InChI=1S/C24H19F2N7O/c25-16-6-7-19(26)18(12-16)20-5-2-10-31(20)22-9-8-21-29-14-23(33(21)30-22)32(24(28)34)17-4-1-3-15(11-17)13-27/h1,3-4,6-9,11-12,14,20H,2,5,10H2,(H2,28,34). The summed E-state index contributed by atoms with van der Waals surface area (Å²) < 4.78 is 29.8. The Morgan fingerprint density at radius 3 is 2.82 bits per heavy atom. The minimum Gasteiger partial charge on any atom is -0.351 e. The molecule has 0 radical (unpaired) electrons. The van der Waals surface area contributed by atoms with E-state index in [0.717, 1.165) is 18.6 Å². The largest absolute Gasteiger partial charge is 0.351 e. The first-order valence-corrected chi connectivity index (χ1v) is 10.6. The topological polar surface area (TPSA) is 104 Å². The Bertz CT molecular complexity index is 1450. The van der Waals surface area contributed by atoms with E-state index < -0.39 is 17.7 Å². The molecule has 8 nitrogen and oxygen atoms in total. The fourth-order valence-electron chi connectivity index (χ4n) is 4.38. The van der Waals surface area contributed by atoms with Crippen LogP contribution < -0.4 is 15.5 Å². The molecule has 1 unspecified atom stereocenters. The summed E-state index contributed by atoms with van der Waals surface area (Å²) in [7, 11) is 0. The lowest BCUT2D eigenvalue weighted by molar-refractivity contribution is 0.256. The summed E-state index contributed by atoms with van der Waals surface area (Å²) in [6.45, 7) is 0.604. The van der Waals surface area contributed by atoms with Crippen LogP contribution in [0.3, 0.4) is 0 Å². The zero-order valence-electron chi connectivity index (χ0n) is 17.9. The van der Waals surface area contributed by atoms with Crippen molar-refractivity contribution in [1.29, 1.82) is 5.26 Å². The molecule has 4 aromatic rings. The van der Waals surface area contributed by atoms with Crippen LogP contribution in [-0.2, 0) is 0 Å². The van der Waals surface area contributed by atoms with Gasteiger partial charge in [0.05, 0.1) is 29.6 Å². The molecule has 1 fully saturated rings. The molecule has 2 N–H and O–H groups in total. The molecule has 0 bridgehead atoms. The quantitative estimate of drug-likeness (QED) is 0.486. The van der Waals surface area contributed by atoms with Gasteiger partial charge in [0.15, 0.2) is 11.5 Å². The number of halogens is 2. The second-order valence-electron chi connectivity index (χ2n) is 7.93. The molecule has 10 heteroatoms. The van der Waals surface area contributed by atoms with Crippen LogP contribution in [0.2, 0.25) is 0 Å². The molecule has 5 rings (SSSR count). The first kappa shape index (κ1) is 21.3. The van der Waals surface area contributed by atoms with Crippen molar-refractivity contribution >= 4 is 29.0 Å². The molecule has 1 saturated heterocycles. The number of aromatic nitrogens is 3. The third-order valence-electron chi connectivity index (χ3n) is 5.88. The number of carbonyl (C=O) groups excluding carboxylic acids is 1. The number of nitrogens with zero attached hydrogens (tertiary/aromatic N) is 6. The Kier molecular flexibility index (Phi) is 5.30. The van der Waals surface area contributed by atoms with Crippen molar-refractivity contribution < 1.29 is 13.6 Å². The van der Waals surface area contributed by atoms with Crippen LogP contribution in [0.25, 0.3) is 5.65 Å². The minimum absolute atomic E-state index is 0.275. The number of fused-ring (bicyclic) bond motifs is 1. The highest BCUT2D eigenvalue weighted by atomic mass is 19.1. The maximum absolute atomic E-state index is 14.5. The molecular weight excluding hydrogens is 440 g/mol. The summed E-state index contributed by atoms with van der Waals surface area (Å²) in [5.41, 5.74) is 7.18. The minimum atomic E-state index is -0.773. The van der Waals surface area contributed by atoms with Crippen LogP contribution in [0.15, 0.2) is 60.8 Å². The fraction of sp³-hybridized carbons (Fsp3) is 0.167. The van der Waals surface area contributed by atoms with Gasteiger partial charge in [0.1, 0.15) is 17.5 Å². The van der Waals surface area contributed by atoms with Crippen molar-refractivity contribution in [3.8, 4) is 6.07 Å². The lowest BCUT2D eigenvalue weighted by Gasteiger charge is -2.27. The molecule has 1 aliphatic rings. The number of hydrogen-bond donors (Lipinski definition) is 1. The van der Waals surface area contributed by atoms with Gasteiger partial charge in [-0.3, -0.25) is 0 Å². The van der Waals surface area contributed by atoms with E-state index in [1.165, 1.54) is 27.7 Å². The smallest absolute Gasteiger partial charge is 0.325 e. The van der Waals surface area contributed by atoms with Crippen LogP contribution in [-0.4, -0.2) is 27.2 Å². The van der Waals surface area contributed by atoms with E-state index >= 15 is 0 Å². The third kappa shape index (κ3) is 3.67. The van der Waals surface area contributed by atoms with Gasteiger partial charge in [-0.25, -0.2) is 23.5 Å². The molecule has 0 aliphatic carbocycles. The van der Waals surface area contributed by atoms with Crippen molar-refractivity contribution in [2.45, 2.75) is 18.9 Å². The van der Waals surface area contributed by atoms with E-state index in [2.05, 4.69) is 10.1 Å². The number of nitriles is 1. The molecule has 3 heterocycles. The molecule has 2 amide bonds. The van der Waals surface area contributed by atoms with Crippen molar-refractivity contribution in [3.05, 3.63) is 83.6 Å². The lowest BCUT2D eigenvalue weighted by Crippen LogP contribution is -2.33. The number of urea groups is 1. The van der Waals surface area contributed by atoms with Crippen molar-refractivity contribution in [2.24, 2.45) is 5.73 Å². The average Bonchev–Trinajstić information content (AvgIpc) is 3.48. The second kappa shape index (κ2) is 8.44. The van der Waals surface area contributed by atoms with Gasteiger partial charge in [0.25, 0.3) is 0 Å². The van der Waals surface area contributed by atoms with Gasteiger partial charge in [-0.05, 0) is 61.4 Å². The molecule has 1 aliphatic heterocycles. The monoisotopic (exact) mass is 459 g/mol. The van der Waals surface area contributed by atoms with Gasteiger partial charge in [-0.1, -0.05) is 6.07 Å². The van der Waals surface area contributed by atoms with E-state index in [-0.39, 0.29) is 17.4 Å². The Balaban J connectivity index is 1.58. The Labute approximate surface area is 193 Å². The Morgan fingerprint density at radius 1 is 1.18 bits per heavy atom. The molecule has 2 aromatic heterocycles. The second-order valence-corrected chi connectivity index (χ2v) is 7.93. The highest BCUT2D eigenvalue weighted by molar-refractivity contribution is 5.98. The maximum Gasteiger partial charge on any atom is 0.325 e. The number of carbonyl (C=O) groups is 1. The highest BCUT2D eigenvalue weighted by Gasteiger charge is 2.30. The normalized spacial score (nSPS) is 15.4. The molecule has 34 heavy (non-hydrogen) atoms. The lowest BCUT2D eigenvalue weighted by atomic mass is 10.0. The summed E-state index contributed by atoms with van der Waals surface area (Å²) in [6.07, 6.45) is 2.89. The van der Waals surface area contributed by atoms with Gasteiger partial charge in [-0.2, -0.15) is 9.78 Å². The zero-order valence-corrected chi connectivity index (χ0v) is 17.9. The Hall–Kier alpha value is -4.52. The van der Waals surface area contributed by atoms with Crippen molar-refractivity contribution in [1.82, 2.24) is 14.6 Å². The van der Waals surface area contributed by atoms with Gasteiger partial charge in [0, 0.05) is 12.1 Å². The molecule has 1 atom stereocenters. The number of primary amides is 1. The average molecular weight is 459 g/mol. The SMILES string of the molecule is N#Cc1cccc(N(C(N)=O)c2cnc3ccc(N4CCCC4c4cc(F)ccc4F)nn23)c1. The zero-order chi connectivity index (χ0) is 23.8. The third-order valence-corrected chi connectivity index (χ3v) is 5.88. The maximum atomic E-state index is 14.5. The molecule has 2 aromatic carbocycles. The first-order chi connectivity index (χ1) is 16.5. The molecule has 170 valence electrons. The highest BCUT2D eigenvalue weighted by Crippen LogP contribution is 2.37. The van der Waals surface area contributed by atoms with Crippen LogP contribution in [0, 0.1) is 23.0 Å². The van der Waals surface area contributed by atoms with E-state index in [1.54, 1.807) is 30.3 Å². The predicted octanol–water partition coefficient (Wildman–Crippen LogP) is 4.44. The molecular formula is C24H19F2N7O. The van der Waals surface area contributed by atoms with Gasteiger partial charge in [-0.15, -0.1) is 5.10 Å². The number of hydrogen-bond acceptors (Lipinski definition) is 5. The summed E-state index contributed by atoms with van der Waals surface area (Å²) in [4.78, 5) is 19.8. The van der Waals surface area contributed by atoms with Crippen LogP contribution in [0.4, 0.5) is 30.9 Å². The van der Waals surface area contributed by atoms with Crippen molar-refractivity contribution in [3.63, 3.8) is 0 Å². The van der Waals surface area contributed by atoms with E-state index in [4.69, 9.17) is 5.73 Å². The number of imidazole rings is 1. The van der Waals surface area contributed by atoms with Gasteiger partial charge < -0.3 is 10.6 Å². The predicted molar refractivity (Wildman–Crippen MR) is 122 cm³/mol. The first-order valence-electron chi connectivity index (χ1n) is 10.6. The van der Waals surface area contributed by atoms with Crippen LogP contribution in [0.1, 0.15) is 30.0 Å². The summed E-state index contributed by atoms with van der Waals surface area (Å²) >= 11 is 0. The van der Waals surface area contributed by atoms with E-state index in [1.807, 2.05) is 11.0 Å². The number of rotatable bonds is 4. The van der Waals surface area contributed by atoms with E-state index in [9.17, 15) is 18.8 Å². The summed E-state index contributed by atoms with van der Waals surface area (Å²) in [6, 6.07) is 14.3. The number of amides is 2. The van der Waals surface area contributed by atoms with Gasteiger partial charge in [0.2, 0.25) is 0 Å². The summed E-state index contributed by atoms with van der Waals surface area (Å²) in [5.74, 6) is -0.166. The molecule has 0 saturated carbocycles. The van der Waals surface area contributed by atoms with Crippen LogP contribution in [0.5, 0.6) is 0 Å². The van der Waals surface area contributed by atoms with Gasteiger partial charge >= 0.3 is 6.03 Å². The number of benzene rings is 2. The molecule has 0 spiro atoms. The fourth-order valence-corrected chi connectivity index (χ4v) is 4.38. The number of anilines is 3. The number of nitrogens with two attached hydrogens (primary N) is 1. The Morgan fingerprint density at radius 2 is 2.03 bits per heavy atom.